The van der Waals surface area contributed by atoms with Gasteiger partial charge in [-0.05, 0) is 24.1 Å². The molecule has 1 aromatic carbocycles. The van der Waals surface area contributed by atoms with Gasteiger partial charge < -0.3 is 10.1 Å². The number of non-ortho nitro benzene ring substituents is 1. The van der Waals surface area contributed by atoms with Crippen LogP contribution in [0.5, 0.6) is 5.88 Å². The largest absolute Gasteiger partial charge is 0.481 e. The number of nitro benzene ring substituents is 1. The molecule has 1 aromatic heterocycles. The van der Waals surface area contributed by atoms with Crippen molar-refractivity contribution in [2.45, 2.75) is 13.5 Å². The normalized spacial score (nSPS) is 10.2. The van der Waals surface area contributed by atoms with Crippen LogP contribution in [-0.4, -0.2) is 17.0 Å². The Hall–Kier alpha value is -2.34. The second kappa shape index (κ2) is 6.41. The molecule has 0 saturated heterocycles. The van der Waals surface area contributed by atoms with Gasteiger partial charge in [0.2, 0.25) is 5.88 Å². The van der Waals surface area contributed by atoms with Crippen molar-refractivity contribution in [3.05, 3.63) is 56.7 Å². The fourth-order valence-electron chi connectivity index (χ4n) is 1.92. The molecule has 0 bridgehead atoms. The molecule has 7 heteroatoms. The van der Waals surface area contributed by atoms with E-state index in [1.54, 1.807) is 20.2 Å². The summed E-state index contributed by atoms with van der Waals surface area (Å²) in [5.74, 6) is 0.529. The van der Waals surface area contributed by atoms with Crippen LogP contribution in [0.4, 0.5) is 11.4 Å². The van der Waals surface area contributed by atoms with Crippen LogP contribution in [0.15, 0.2) is 30.5 Å². The highest BCUT2D eigenvalue weighted by Gasteiger charge is 2.13. The average molecular weight is 308 g/mol. The van der Waals surface area contributed by atoms with Gasteiger partial charge in [-0.1, -0.05) is 11.6 Å². The van der Waals surface area contributed by atoms with Gasteiger partial charge in [-0.15, -0.1) is 0 Å². The van der Waals surface area contributed by atoms with E-state index in [1.807, 2.05) is 12.1 Å². The quantitative estimate of drug-likeness (QED) is 0.675. The third-order valence-corrected chi connectivity index (χ3v) is 3.26. The third kappa shape index (κ3) is 3.61. The second-order valence-electron chi connectivity index (χ2n) is 4.44. The fraction of sp³-hybridized carbons (Fsp3) is 0.214. The zero-order valence-electron chi connectivity index (χ0n) is 11.6. The lowest BCUT2D eigenvalue weighted by molar-refractivity contribution is -0.384. The summed E-state index contributed by atoms with van der Waals surface area (Å²) < 4.78 is 5.06. The minimum atomic E-state index is -0.462. The zero-order valence-corrected chi connectivity index (χ0v) is 12.3. The van der Waals surface area contributed by atoms with E-state index in [0.29, 0.717) is 23.1 Å². The van der Waals surface area contributed by atoms with Crippen molar-refractivity contribution in [2.75, 3.05) is 12.4 Å². The van der Waals surface area contributed by atoms with Crippen LogP contribution in [0.1, 0.15) is 11.1 Å². The molecule has 0 saturated carbocycles. The zero-order chi connectivity index (χ0) is 15.4. The Labute approximate surface area is 126 Å². The molecule has 0 aliphatic heterocycles. The minimum absolute atomic E-state index is 0.0198. The first-order chi connectivity index (χ1) is 10.0. The Morgan fingerprint density at radius 2 is 2.19 bits per heavy atom. The number of ether oxygens (including phenoxy) is 1. The number of benzene rings is 1. The standard InChI is InChI=1S/C14H14ClN3O3/c1-9-5-11(18(19)20)7-12(15)14(9)17-8-10-3-4-16-13(6-10)21-2/h3-7,17H,8H2,1-2H3. The molecule has 21 heavy (non-hydrogen) atoms. The third-order valence-electron chi connectivity index (χ3n) is 2.96. The topological polar surface area (TPSA) is 77.3 Å². The maximum atomic E-state index is 10.8. The number of rotatable bonds is 5. The van der Waals surface area contributed by atoms with Gasteiger partial charge in [0, 0.05) is 30.9 Å². The monoisotopic (exact) mass is 307 g/mol. The molecule has 0 spiro atoms. The van der Waals surface area contributed by atoms with Crippen molar-refractivity contribution in [3.63, 3.8) is 0 Å². The van der Waals surface area contributed by atoms with Crippen LogP contribution in [0.2, 0.25) is 5.02 Å². The average Bonchev–Trinajstić information content (AvgIpc) is 2.46. The summed E-state index contributed by atoms with van der Waals surface area (Å²) in [6, 6.07) is 6.48. The van der Waals surface area contributed by atoms with Gasteiger partial charge >= 0.3 is 0 Å². The molecule has 1 N–H and O–H groups in total. The maximum Gasteiger partial charge on any atom is 0.271 e. The van der Waals surface area contributed by atoms with Gasteiger partial charge in [-0.2, -0.15) is 0 Å². The van der Waals surface area contributed by atoms with E-state index >= 15 is 0 Å². The van der Waals surface area contributed by atoms with E-state index < -0.39 is 4.92 Å². The Balaban J connectivity index is 2.18. The van der Waals surface area contributed by atoms with Crippen molar-refractivity contribution < 1.29 is 9.66 Å². The lowest BCUT2D eigenvalue weighted by Gasteiger charge is -2.12. The number of hydrogen-bond donors (Lipinski definition) is 1. The van der Waals surface area contributed by atoms with Crippen LogP contribution < -0.4 is 10.1 Å². The summed E-state index contributed by atoms with van der Waals surface area (Å²) in [6.45, 7) is 2.28. The predicted octanol–water partition coefficient (Wildman–Crippen LogP) is 3.57. The van der Waals surface area contributed by atoms with Crippen LogP contribution in [-0.2, 0) is 6.54 Å². The maximum absolute atomic E-state index is 10.8. The van der Waals surface area contributed by atoms with E-state index in [4.69, 9.17) is 16.3 Å². The van der Waals surface area contributed by atoms with Gasteiger partial charge in [-0.25, -0.2) is 4.98 Å². The summed E-state index contributed by atoms with van der Waals surface area (Å²) in [5.41, 5.74) is 2.34. The minimum Gasteiger partial charge on any atom is -0.481 e. The number of aromatic nitrogens is 1. The van der Waals surface area contributed by atoms with E-state index in [1.165, 1.54) is 12.1 Å². The summed E-state index contributed by atoms with van der Waals surface area (Å²) in [5, 5.41) is 14.3. The molecule has 0 aliphatic carbocycles. The Morgan fingerprint density at radius 1 is 1.43 bits per heavy atom. The van der Waals surface area contributed by atoms with Gasteiger partial charge in [0.1, 0.15) is 0 Å². The number of methoxy groups -OCH3 is 1. The number of nitrogens with zero attached hydrogens (tertiary/aromatic N) is 2. The van der Waals surface area contributed by atoms with Crippen LogP contribution in [0.3, 0.4) is 0 Å². The highest BCUT2D eigenvalue weighted by atomic mass is 35.5. The van der Waals surface area contributed by atoms with Crippen LogP contribution in [0, 0.1) is 17.0 Å². The molecule has 6 nitrogen and oxygen atoms in total. The molecule has 0 fully saturated rings. The molecule has 2 aromatic rings. The molecule has 0 radical (unpaired) electrons. The van der Waals surface area contributed by atoms with Crippen LogP contribution >= 0.6 is 11.6 Å². The number of halogens is 1. The Morgan fingerprint density at radius 3 is 2.81 bits per heavy atom. The summed E-state index contributed by atoms with van der Waals surface area (Å²) >= 11 is 6.10. The lowest BCUT2D eigenvalue weighted by Crippen LogP contribution is -2.03. The van der Waals surface area contributed by atoms with Crippen molar-refractivity contribution >= 4 is 23.0 Å². The summed E-state index contributed by atoms with van der Waals surface area (Å²) in [4.78, 5) is 14.3. The first-order valence-corrected chi connectivity index (χ1v) is 6.56. The van der Waals surface area contributed by atoms with Crippen molar-refractivity contribution in [1.29, 1.82) is 0 Å². The van der Waals surface area contributed by atoms with E-state index in [9.17, 15) is 10.1 Å². The highest BCUT2D eigenvalue weighted by molar-refractivity contribution is 6.33. The fourth-order valence-corrected chi connectivity index (χ4v) is 2.25. The number of anilines is 1. The number of pyridine rings is 1. The molecule has 0 amide bonds. The van der Waals surface area contributed by atoms with Gasteiger partial charge in [0.05, 0.1) is 22.7 Å². The molecule has 0 unspecified atom stereocenters. The molecular formula is C14H14ClN3O3. The van der Waals surface area contributed by atoms with Crippen molar-refractivity contribution in [2.24, 2.45) is 0 Å². The molecule has 0 aliphatic rings. The summed E-state index contributed by atoms with van der Waals surface area (Å²) in [6.07, 6.45) is 1.65. The number of aryl methyl sites for hydroxylation is 1. The molecular weight excluding hydrogens is 294 g/mol. The molecule has 0 atom stereocenters. The SMILES string of the molecule is COc1cc(CNc2c(C)cc([N+](=O)[O-])cc2Cl)ccn1. The van der Waals surface area contributed by atoms with Crippen molar-refractivity contribution in [3.8, 4) is 5.88 Å². The van der Waals surface area contributed by atoms with E-state index in [0.717, 1.165) is 11.1 Å². The van der Waals surface area contributed by atoms with Gasteiger partial charge in [0.15, 0.2) is 0 Å². The molecule has 110 valence electrons. The predicted molar refractivity (Wildman–Crippen MR) is 81.0 cm³/mol. The first-order valence-electron chi connectivity index (χ1n) is 6.18. The Kier molecular flexibility index (Phi) is 4.59. The van der Waals surface area contributed by atoms with E-state index in [-0.39, 0.29) is 5.69 Å². The Bertz CT molecular complexity index is 653. The highest BCUT2D eigenvalue weighted by Crippen LogP contribution is 2.31. The number of hydrogen-bond acceptors (Lipinski definition) is 5. The van der Waals surface area contributed by atoms with Crippen molar-refractivity contribution in [1.82, 2.24) is 4.98 Å². The smallest absolute Gasteiger partial charge is 0.271 e. The lowest BCUT2D eigenvalue weighted by atomic mass is 10.1. The molecule has 1 heterocycles. The first kappa shape index (κ1) is 15.1. The molecule has 2 rings (SSSR count). The summed E-state index contributed by atoms with van der Waals surface area (Å²) in [7, 11) is 1.55. The second-order valence-corrected chi connectivity index (χ2v) is 4.84. The van der Waals surface area contributed by atoms with E-state index in [2.05, 4.69) is 10.3 Å². The number of nitro groups is 1. The van der Waals surface area contributed by atoms with Gasteiger partial charge in [0.25, 0.3) is 5.69 Å². The van der Waals surface area contributed by atoms with Gasteiger partial charge in [-0.3, -0.25) is 10.1 Å². The number of nitrogens with one attached hydrogen (secondary N) is 1. The van der Waals surface area contributed by atoms with Crippen LogP contribution in [0.25, 0.3) is 0 Å².